The summed E-state index contributed by atoms with van der Waals surface area (Å²) in [6.07, 6.45) is 2.98. The Morgan fingerprint density at radius 3 is 2.94 bits per heavy atom. The lowest BCUT2D eigenvalue weighted by molar-refractivity contribution is 0.446. The molecule has 1 aromatic carbocycles. The van der Waals surface area contributed by atoms with Gasteiger partial charge in [-0.2, -0.15) is 0 Å². The Hall–Kier alpha value is -1.69. The van der Waals surface area contributed by atoms with E-state index >= 15 is 0 Å². The lowest BCUT2D eigenvalue weighted by Crippen LogP contribution is -2.18. The van der Waals surface area contributed by atoms with Crippen molar-refractivity contribution in [3.63, 3.8) is 0 Å². The summed E-state index contributed by atoms with van der Waals surface area (Å²) in [4.78, 5) is 15.4. The minimum Gasteiger partial charge on any atom is -0.435 e. The fraction of sp³-hybridized carbons (Fsp3) is 0.0909. The van der Waals surface area contributed by atoms with Gasteiger partial charge in [0.1, 0.15) is 11.6 Å². The van der Waals surface area contributed by atoms with E-state index in [9.17, 15) is 9.18 Å². The summed E-state index contributed by atoms with van der Waals surface area (Å²) in [6, 6.07) is 4.10. The van der Waals surface area contributed by atoms with Crippen LogP contribution in [0.2, 0.25) is 0 Å². The van der Waals surface area contributed by atoms with Crippen LogP contribution in [0.15, 0.2) is 39.9 Å². The summed E-state index contributed by atoms with van der Waals surface area (Å²) in [5.41, 5.74) is -0.354. The van der Waals surface area contributed by atoms with Crippen molar-refractivity contribution in [1.82, 2.24) is 9.55 Å². The number of aryl methyl sites for hydroxylation is 1. The molecule has 0 aliphatic carbocycles. The molecule has 1 aromatic heterocycles. The molecular formula is C11H8BrFN2O2. The SMILES string of the molecule is Cn1ccnc(Oc2ccc(F)c(Br)c2)c1=O. The van der Waals surface area contributed by atoms with Crippen molar-refractivity contribution in [2.24, 2.45) is 7.05 Å². The second-order valence-electron chi connectivity index (χ2n) is 3.33. The van der Waals surface area contributed by atoms with Gasteiger partial charge in [-0.25, -0.2) is 9.37 Å². The number of rotatable bonds is 2. The minimum absolute atomic E-state index is 0.0477. The van der Waals surface area contributed by atoms with E-state index in [2.05, 4.69) is 20.9 Å². The van der Waals surface area contributed by atoms with Crippen molar-refractivity contribution >= 4 is 15.9 Å². The normalized spacial score (nSPS) is 10.3. The summed E-state index contributed by atoms with van der Waals surface area (Å²) >= 11 is 3.03. The molecule has 0 spiro atoms. The molecule has 0 N–H and O–H groups in total. The number of halogens is 2. The molecule has 0 bridgehead atoms. The van der Waals surface area contributed by atoms with Crippen LogP contribution in [-0.4, -0.2) is 9.55 Å². The van der Waals surface area contributed by atoms with Crippen LogP contribution in [0.4, 0.5) is 4.39 Å². The third kappa shape index (κ3) is 2.52. The highest BCUT2D eigenvalue weighted by Crippen LogP contribution is 2.23. The molecule has 0 saturated heterocycles. The Labute approximate surface area is 105 Å². The first-order valence-electron chi connectivity index (χ1n) is 4.72. The Bertz CT molecular complexity index is 613. The molecule has 1 heterocycles. The summed E-state index contributed by atoms with van der Waals surface area (Å²) in [5.74, 6) is -0.103. The highest BCUT2D eigenvalue weighted by molar-refractivity contribution is 9.10. The molecule has 0 radical (unpaired) electrons. The monoisotopic (exact) mass is 298 g/mol. The van der Waals surface area contributed by atoms with Crippen LogP contribution < -0.4 is 10.3 Å². The van der Waals surface area contributed by atoms with E-state index in [1.54, 1.807) is 7.05 Å². The van der Waals surface area contributed by atoms with Gasteiger partial charge in [0.05, 0.1) is 4.47 Å². The molecule has 0 unspecified atom stereocenters. The Morgan fingerprint density at radius 1 is 1.47 bits per heavy atom. The van der Waals surface area contributed by atoms with Crippen LogP contribution in [-0.2, 0) is 7.05 Å². The van der Waals surface area contributed by atoms with Gasteiger partial charge in [-0.1, -0.05) is 0 Å². The Balaban J connectivity index is 2.35. The predicted octanol–water partition coefficient (Wildman–Crippen LogP) is 2.47. The third-order valence-corrected chi connectivity index (χ3v) is 2.70. The largest absolute Gasteiger partial charge is 0.435 e. The van der Waals surface area contributed by atoms with Crippen LogP contribution in [0.25, 0.3) is 0 Å². The van der Waals surface area contributed by atoms with E-state index < -0.39 is 5.82 Å². The summed E-state index contributed by atoms with van der Waals surface area (Å²) in [7, 11) is 1.59. The maximum Gasteiger partial charge on any atom is 0.313 e. The summed E-state index contributed by atoms with van der Waals surface area (Å²) < 4.78 is 19.9. The molecule has 0 aliphatic heterocycles. The summed E-state index contributed by atoms with van der Waals surface area (Å²) in [6.45, 7) is 0. The topological polar surface area (TPSA) is 44.1 Å². The molecule has 0 saturated carbocycles. The van der Waals surface area contributed by atoms with Gasteiger partial charge in [0.15, 0.2) is 0 Å². The highest BCUT2D eigenvalue weighted by Gasteiger charge is 2.07. The van der Waals surface area contributed by atoms with Gasteiger partial charge >= 0.3 is 5.56 Å². The van der Waals surface area contributed by atoms with Gasteiger partial charge in [0, 0.05) is 19.4 Å². The van der Waals surface area contributed by atoms with Crippen LogP contribution in [0, 0.1) is 5.82 Å². The number of hydrogen-bond donors (Lipinski definition) is 0. The lowest BCUT2D eigenvalue weighted by atomic mass is 10.3. The van der Waals surface area contributed by atoms with Crippen LogP contribution in [0.1, 0.15) is 0 Å². The molecule has 4 nitrogen and oxygen atoms in total. The molecule has 2 aromatic rings. The van der Waals surface area contributed by atoms with E-state index in [-0.39, 0.29) is 15.9 Å². The van der Waals surface area contributed by atoms with Gasteiger partial charge in [-0.15, -0.1) is 0 Å². The number of nitrogens with zero attached hydrogens (tertiary/aromatic N) is 2. The van der Waals surface area contributed by atoms with Gasteiger partial charge < -0.3 is 9.30 Å². The van der Waals surface area contributed by atoms with Gasteiger partial charge in [0.2, 0.25) is 0 Å². The number of benzene rings is 1. The van der Waals surface area contributed by atoms with E-state index in [1.807, 2.05) is 0 Å². The number of ether oxygens (including phenoxy) is 1. The highest BCUT2D eigenvalue weighted by atomic mass is 79.9. The van der Waals surface area contributed by atoms with E-state index in [0.717, 1.165) is 0 Å². The first-order valence-corrected chi connectivity index (χ1v) is 5.52. The molecule has 2 rings (SSSR count). The van der Waals surface area contributed by atoms with Crippen LogP contribution >= 0.6 is 15.9 Å². The van der Waals surface area contributed by atoms with E-state index in [0.29, 0.717) is 5.75 Å². The lowest BCUT2D eigenvalue weighted by Gasteiger charge is -2.05. The predicted molar refractivity (Wildman–Crippen MR) is 63.7 cm³/mol. The first-order chi connectivity index (χ1) is 8.08. The average molecular weight is 299 g/mol. The fourth-order valence-corrected chi connectivity index (χ4v) is 1.55. The fourth-order valence-electron chi connectivity index (χ4n) is 1.20. The second-order valence-corrected chi connectivity index (χ2v) is 4.18. The van der Waals surface area contributed by atoms with Crippen molar-refractivity contribution in [2.75, 3.05) is 0 Å². The quantitative estimate of drug-likeness (QED) is 0.855. The zero-order valence-corrected chi connectivity index (χ0v) is 10.4. The Kier molecular flexibility index (Phi) is 3.23. The van der Waals surface area contributed by atoms with Gasteiger partial charge in [-0.3, -0.25) is 4.79 Å². The number of aromatic nitrogens is 2. The number of hydrogen-bond acceptors (Lipinski definition) is 3. The van der Waals surface area contributed by atoms with E-state index in [4.69, 9.17) is 4.74 Å². The van der Waals surface area contributed by atoms with Crippen LogP contribution in [0.5, 0.6) is 11.6 Å². The van der Waals surface area contributed by atoms with Gasteiger partial charge in [0.25, 0.3) is 5.88 Å². The van der Waals surface area contributed by atoms with Crippen molar-refractivity contribution in [2.45, 2.75) is 0 Å². The van der Waals surface area contributed by atoms with Crippen molar-refractivity contribution < 1.29 is 9.13 Å². The minimum atomic E-state index is -0.397. The Morgan fingerprint density at radius 2 is 2.24 bits per heavy atom. The molecule has 0 amide bonds. The maximum atomic E-state index is 13.0. The maximum absolute atomic E-state index is 13.0. The van der Waals surface area contributed by atoms with E-state index in [1.165, 1.54) is 35.2 Å². The van der Waals surface area contributed by atoms with Crippen molar-refractivity contribution in [3.05, 3.63) is 51.2 Å². The third-order valence-electron chi connectivity index (χ3n) is 2.09. The van der Waals surface area contributed by atoms with Crippen molar-refractivity contribution in [3.8, 4) is 11.6 Å². The molecule has 0 atom stereocenters. The first kappa shape index (κ1) is 11.8. The zero-order valence-electron chi connectivity index (χ0n) is 8.85. The summed E-state index contributed by atoms with van der Waals surface area (Å²) in [5, 5.41) is 0. The molecule has 0 fully saturated rings. The molecule has 88 valence electrons. The molecule has 0 aliphatic rings. The standard InChI is InChI=1S/C11H8BrFN2O2/c1-15-5-4-14-10(11(15)16)17-7-2-3-9(13)8(12)6-7/h2-6H,1H3. The molecule has 6 heteroatoms. The molecule has 17 heavy (non-hydrogen) atoms. The molecular weight excluding hydrogens is 291 g/mol. The van der Waals surface area contributed by atoms with Crippen molar-refractivity contribution in [1.29, 1.82) is 0 Å². The van der Waals surface area contributed by atoms with Crippen LogP contribution in [0.3, 0.4) is 0 Å². The smallest absolute Gasteiger partial charge is 0.313 e. The average Bonchev–Trinajstić information content (AvgIpc) is 2.30. The van der Waals surface area contributed by atoms with Gasteiger partial charge in [-0.05, 0) is 34.1 Å². The zero-order chi connectivity index (χ0) is 12.4. The second kappa shape index (κ2) is 4.67.